The molecule has 1 fully saturated rings. The molecule has 6 heteroatoms. The lowest BCUT2D eigenvalue weighted by Gasteiger charge is -2.18. The number of fused-ring (bicyclic) bond motifs is 1. The van der Waals surface area contributed by atoms with Crippen molar-refractivity contribution in [3.05, 3.63) is 90.0 Å². The van der Waals surface area contributed by atoms with Gasteiger partial charge in [0.25, 0.3) is 5.91 Å². The van der Waals surface area contributed by atoms with Gasteiger partial charge in [-0.25, -0.2) is 0 Å². The second kappa shape index (κ2) is 13.6. The van der Waals surface area contributed by atoms with Gasteiger partial charge in [-0.3, -0.25) is 14.5 Å². The Morgan fingerprint density at radius 3 is 2.62 bits per heavy atom. The number of ether oxygens (including phenoxy) is 2. The predicted octanol–water partition coefficient (Wildman–Crippen LogP) is 5.27. The van der Waals surface area contributed by atoms with E-state index in [1.54, 1.807) is 0 Å². The Labute approximate surface area is 219 Å². The van der Waals surface area contributed by atoms with Gasteiger partial charge >= 0.3 is 5.97 Å². The van der Waals surface area contributed by atoms with Gasteiger partial charge in [0, 0.05) is 37.5 Å². The molecule has 6 nitrogen and oxygen atoms in total. The van der Waals surface area contributed by atoms with Crippen LogP contribution in [0.3, 0.4) is 0 Å². The summed E-state index contributed by atoms with van der Waals surface area (Å²) in [6.45, 7) is 2.87. The molecule has 3 aromatic rings. The number of benzene rings is 3. The fourth-order valence-corrected chi connectivity index (χ4v) is 4.70. The Bertz CT molecular complexity index is 1200. The van der Waals surface area contributed by atoms with Gasteiger partial charge < -0.3 is 14.8 Å². The summed E-state index contributed by atoms with van der Waals surface area (Å²) < 4.78 is 10.9. The van der Waals surface area contributed by atoms with Crippen LogP contribution in [0.25, 0.3) is 10.8 Å². The van der Waals surface area contributed by atoms with Gasteiger partial charge in [0.1, 0.15) is 12.4 Å². The zero-order valence-electron chi connectivity index (χ0n) is 21.5. The molecule has 0 spiro atoms. The molecule has 0 aromatic heterocycles. The van der Waals surface area contributed by atoms with E-state index in [0.29, 0.717) is 18.4 Å². The molecule has 0 saturated carbocycles. The van der Waals surface area contributed by atoms with E-state index >= 15 is 0 Å². The standard InChI is InChI=1S/C31H36N2O4/c1-36-30(34)18-7-3-6-14-26(23-37-29-17-10-15-25-13-8-9-16-28(25)29)31(35)32-27-19-20-33(22-27)21-24-11-4-2-5-12-24/h2,4-5,8-17,27H,3,6-7,18-23H2,1H3,(H,32,35). The minimum Gasteiger partial charge on any atom is -0.488 e. The Balaban J connectivity index is 1.37. The highest BCUT2D eigenvalue weighted by molar-refractivity contribution is 5.94. The summed E-state index contributed by atoms with van der Waals surface area (Å²) in [5, 5.41) is 5.36. The van der Waals surface area contributed by atoms with Gasteiger partial charge in [-0.05, 0) is 42.7 Å². The molecule has 1 heterocycles. The van der Waals surface area contributed by atoms with E-state index in [-0.39, 0.29) is 24.5 Å². The van der Waals surface area contributed by atoms with Crippen molar-refractivity contribution in [2.75, 3.05) is 26.8 Å². The number of carbonyl (C=O) groups excluding carboxylic acids is 2. The molecular formula is C31H36N2O4. The molecule has 0 bridgehead atoms. The summed E-state index contributed by atoms with van der Waals surface area (Å²) in [6.07, 6.45) is 5.48. The van der Waals surface area contributed by atoms with E-state index in [1.165, 1.54) is 12.7 Å². The average Bonchev–Trinajstić information content (AvgIpc) is 3.36. The highest BCUT2D eigenvalue weighted by Gasteiger charge is 2.25. The Morgan fingerprint density at radius 2 is 1.78 bits per heavy atom. The fraction of sp³-hybridized carbons (Fsp3) is 0.355. The van der Waals surface area contributed by atoms with Gasteiger partial charge in [0.15, 0.2) is 0 Å². The number of hydrogen-bond donors (Lipinski definition) is 1. The molecule has 0 aliphatic carbocycles. The second-order valence-electron chi connectivity index (χ2n) is 9.50. The number of nitrogens with zero attached hydrogens (tertiary/aromatic N) is 1. The number of nitrogens with one attached hydrogen (secondary N) is 1. The van der Waals surface area contributed by atoms with Crippen LogP contribution < -0.4 is 10.1 Å². The van der Waals surface area contributed by atoms with Crippen molar-refractivity contribution in [2.24, 2.45) is 0 Å². The Morgan fingerprint density at radius 1 is 1.00 bits per heavy atom. The minimum absolute atomic E-state index is 0.0836. The van der Waals surface area contributed by atoms with Crippen molar-refractivity contribution in [3.63, 3.8) is 0 Å². The number of allylic oxidation sites excluding steroid dienone is 1. The second-order valence-corrected chi connectivity index (χ2v) is 9.50. The van der Waals surface area contributed by atoms with Crippen LogP contribution in [0, 0.1) is 0 Å². The highest BCUT2D eigenvalue weighted by Crippen LogP contribution is 2.25. The predicted molar refractivity (Wildman–Crippen MR) is 146 cm³/mol. The summed E-state index contributed by atoms with van der Waals surface area (Å²) in [5.41, 5.74) is 1.90. The summed E-state index contributed by atoms with van der Waals surface area (Å²) in [4.78, 5) is 27.1. The van der Waals surface area contributed by atoms with Gasteiger partial charge in [-0.2, -0.15) is 0 Å². The topological polar surface area (TPSA) is 67.9 Å². The highest BCUT2D eigenvalue weighted by atomic mass is 16.5. The van der Waals surface area contributed by atoms with Crippen molar-refractivity contribution in [2.45, 2.75) is 44.7 Å². The lowest BCUT2D eigenvalue weighted by Crippen LogP contribution is -2.38. The van der Waals surface area contributed by atoms with Crippen LogP contribution in [0.1, 0.15) is 37.7 Å². The smallest absolute Gasteiger partial charge is 0.305 e. The first-order valence-electron chi connectivity index (χ1n) is 13.1. The monoisotopic (exact) mass is 500 g/mol. The third-order valence-electron chi connectivity index (χ3n) is 6.73. The first-order valence-corrected chi connectivity index (χ1v) is 13.1. The molecular weight excluding hydrogens is 464 g/mol. The van der Waals surface area contributed by atoms with Crippen molar-refractivity contribution >= 4 is 22.6 Å². The van der Waals surface area contributed by atoms with Gasteiger partial charge in [-0.15, -0.1) is 0 Å². The number of hydrogen-bond acceptors (Lipinski definition) is 5. The summed E-state index contributed by atoms with van der Waals surface area (Å²) >= 11 is 0. The van der Waals surface area contributed by atoms with Crippen molar-refractivity contribution < 1.29 is 19.1 Å². The van der Waals surface area contributed by atoms with E-state index in [2.05, 4.69) is 34.5 Å². The third kappa shape index (κ3) is 7.92. The van der Waals surface area contributed by atoms with E-state index in [4.69, 9.17) is 9.47 Å². The first kappa shape index (κ1) is 26.4. The van der Waals surface area contributed by atoms with Crippen LogP contribution in [0.5, 0.6) is 5.75 Å². The van der Waals surface area contributed by atoms with Gasteiger partial charge in [0.2, 0.25) is 0 Å². The van der Waals surface area contributed by atoms with Crippen molar-refractivity contribution in [3.8, 4) is 5.75 Å². The van der Waals surface area contributed by atoms with Crippen LogP contribution in [0.4, 0.5) is 0 Å². The quantitative estimate of drug-likeness (QED) is 0.209. The summed E-state index contributed by atoms with van der Waals surface area (Å²) in [6, 6.07) is 24.5. The zero-order chi connectivity index (χ0) is 25.9. The maximum Gasteiger partial charge on any atom is 0.305 e. The molecule has 1 N–H and O–H groups in total. The fourth-order valence-electron chi connectivity index (χ4n) is 4.70. The van der Waals surface area contributed by atoms with E-state index in [9.17, 15) is 9.59 Å². The maximum absolute atomic E-state index is 13.3. The lowest BCUT2D eigenvalue weighted by atomic mass is 10.1. The number of esters is 1. The molecule has 1 unspecified atom stereocenters. The molecule has 1 atom stereocenters. The number of carbonyl (C=O) groups is 2. The molecule has 194 valence electrons. The summed E-state index contributed by atoms with van der Waals surface area (Å²) in [7, 11) is 1.40. The van der Waals surface area contributed by atoms with Crippen LogP contribution in [-0.4, -0.2) is 49.6 Å². The normalized spacial score (nSPS) is 16.0. The minimum atomic E-state index is -0.206. The number of amides is 1. The lowest BCUT2D eigenvalue weighted by molar-refractivity contribution is -0.140. The average molecular weight is 501 g/mol. The van der Waals surface area contributed by atoms with E-state index < -0.39 is 0 Å². The number of likely N-dealkylation sites (tertiary alicyclic amines) is 1. The number of unbranched alkanes of at least 4 members (excludes halogenated alkanes) is 2. The Hall–Kier alpha value is -3.64. The number of rotatable bonds is 12. The van der Waals surface area contributed by atoms with Gasteiger partial charge in [0.05, 0.1) is 12.7 Å². The molecule has 1 aliphatic rings. The molecule has 1 aliphatic heterocycles. The molecule has 3 aromatic carbocycles. The van der Waals surface area contributed by atoms with Crippen LogP contribution in [0.2, 0.25) is 0 Å². The van der Waals surface area contributed by atoms with E-state index in [0.717, 1.165) is 55.4 Å². The molecule has 4 rings (SSSR count). The number of methoxy groups -OCH3 is 1. The molecule has 37 heavy (non-hydrogen) atoms. The zero-order valence-corrected chi connectivity index (χ0v) is 21.5. The van der Waals surface area contributed by atoms with Crippen molar-refractivity contribution in [1.29, 1.82) is 0 Å². The van der Waals surface area contributed by atoms with Gasteiger partial charge in [-0.1, -0.05) is 72.8 Å². The SMILES string of the molecule is COC(=O)CCCCC=C(COc1cccc2ccccc12)C(=O)NC1CCN(Cc2ccccc2)C1. The van der Waals surface area contributed by atoms with Crippen LogP contribution in [-0.2, 0) is 20.9 Å². The maximum atomic E-state index is 13.3. The third-order valence-corrected chi connectivity index (χ3v) is 6.73. The van der Waals surface area contributed by atoms with Crippen molar-refractivity contribution in [1.82, 2.24) is 10.2 Å². The van der Waals surface area contributed by atoms with Crippen LogP contribution in [0.15, 0.2) is 84.4 Å². The first-order chi connectivity index (χ1) is 18.1. The molecule has 1 saturated heterocycles. The Kier molecular flexibility index (Phi) is 9.72. The molecule has 1 amide bonds. The summed E-state index contributed by atoms with van der Waals surface area (Å²) in [5.74, 6) is 0.472. The van der Waals surface area contributed by atoms with Crippen LogP contribution >= 0.6 is 0 Å². The largest absolute Gasteiger partial charge is 0.488 e. The molecule has 0 radical (unpaired) electrons. The van der Waals surface area contributed by atoms with E-state index in [1.807, 2.05) is 54.6 Å².